The van der Waals surface area contributed by atoms with Crippen LogP contribution < -0.4 is 0 Å². The molecule has 0 aliphatic heterocycles. The van der Waals surface area contributed by atoms with Gasteiger partial charge in [-0.15, -0.1) is 0 Å². The second-order valence-corrected chi connectivity index (χ2v) is 3.06. The van der Waals surface area contributed by atoms with Crippen LogP contribution in [0.15, 0.2) is 0 Å². The second-order valence-electron chi connectivity index (χ2n) is 0.749. The third-order valence-electron chi connectivity index (χ3n) is 0.152. The highest BCUT2D eigenvalue weighted by Crippen LogP contribution is 2.24. The fourth-order valence-corrected chi connectivity index (χ4v) is 0. The molecule has 0 N–H and O–H groups in total. The minimum absolute atomic E-state index is 1.21. The predicted molar refractivity (Wildman–Crippen MR) is 24.6 cm³/mol. The first-order chi connectivity index (χ1) is 2.56. The number of hydrogen-bond donors (Lipinski definition) is 0. The molecule has 0 aromatic heterocycles. The van der Waals surface area contributed by atoms with Crippen molar-refractivity contribution in [3.63, 3.8) is 0 Å². The van der Waals surface area contributed by atoms with E-state index in [1.54, 1.807) is 0 Å². The van der Waals surface area contributed by atoms with Gasteiger partial charge in [0.1, 0.15) is 6.67 Å². The quantitative estimate of drug-likeness (QED) is 0.542. The molecular weight excluding hydrogens is 177 g/mol. The first kappa shape index (κ1) is 6.63. The van der Waals surface area contributed by atoms with E-state index in [9.17, 15) is 8.78 Å². The van der Waals surface area contributed by atoms with Crippen molar-refractivity contribution in [2.75, 3.05) is 6.67 Å². The summed E-state index contributed by atoms with van der Waals surface area (Å²) in [5.74, 6) is 0. The normalized spacial score (nSPS) is 20.0. The standard InChI is InChI=1S/C2H2BrClF2/c3-2(4,6)1-5/h1H2/t2-/m0/s1. The molecule has 0 aliphatic carbocycles. The zero-order valence-corrected chi connectivity index (χ0v) is 5.06. The van der Waals surface area contributed by atoms with Gasteiger partial charge in [-0.3, -0.25) is 0 Å². The van der Waals surface area contributed by atoms with Crippen LogP contribution in [0.1, 0.15) is 0 Å². The predicted octanol–water partition coefficient (Wildman–Crippen LogP) is 2.21. The Kier molecular flexibility index (Phi) is 2.29. The lowest BCUT2D eigenvalue weighted by Gasteiger charge is -1.98. The summed E-state index contributed by atoms with van der Waals surface area (Å²) in [4.78, 5) is 0. The average molecular weight is 179 g/mol. The minimum Gasteiger partial charge on any atom is -0.245 e. The summed E-state index contributed by atoms with van der Waals surface area (Å²) >= 11 is 6.79. The largest absolute Gasteiger partial charge is 0.265 e. The number of rotatable bonds is 1. The molecule has 0 unspecified atom stereocenters. The van der Waals surface area contributed by atoms with E-state index in [0.717, 1.165) is 0 Å². The zero-order valence-electron chi connectivity index (χ0n) is 2.72. The lowest BCUT2D eigenvalue weighted by atomic mass is 10.9. The summed E-state index contributed by atoms with van der Waals surface area (Å²) < 4.78 is 20.0. The van der Waals surface area contributed by atoms with Gasteiger partial charge in [-0.2, -0.15) is 0 Å². The molecule has 1 atom stereocenters. The smallest absolute Gasteiger partial charge is 0.245 e. The van der Waals surface area contributed by atoms with Crippen molar-refractivity contribution in [1.82, 2.24) is 0 Å². The molecule has 0 heterocycles. The maximum Gasteiger partial charge on any atom is 0.265 e. The van der Waals surface area contributed by atoms with Crippen LogP contribution in [-0.4, -0.2) is 10.7 Å². The van der Waals surface area contributed by atoms with E-state index in [2.05, 4.69) is 27.5 Å². The van der Waals surface area contributed by atoms with Crippen molar-refractivity contribution in [2.45, 2.75) is 4.04 Å². The van der Waals surface area contributed by atoms with Crippen LogP contribution in [0, 0.1) is 0 Å². The topological polar surface area (TPSA) is 0 Å². The van der Waals surface area contributed by atoms with Gasteiger partial charge in [-0.1, -0.05) is 11.6 Å². The van der Waals surface area contributed by atoms with Gasteiger partial charge in [0.2, 0.25) is 0 Å². The van der Waals surface area contributed by atoms with Crippen LogP contribution in [0.4, 0.5) is 8.78 Å². The average Bonchev–Trinajstić information content (AvgIpc) is 1.35. The number of hydrogen-bond acceptors (Lipinski definition) is 0. The maximum atomic E-state index is 11.4. The molecule has 0 saturated carbocycles. The Morgan fingerprint density at radius 3 is 2.00 bits per heavy atom. The van der Waals surface area contributed by atoms with E-state index >= 15 is 0 Å². The van der Waals surface area contributed by atoms with Gasteiger partial charge in [0.25, 0.3) is 4.04 Å². The van der Waals surface area contributed by atoms with Crippen LogP contribution in [0.2, 0.25) is 0 Å². The van der Waals surface area contributed by atoms with E-state index in [1.165, 1.54) is 0 Å². The molecule has 0 aliphatic rings. The van der Waals surface area contributed by atoms with Crippen LogP contribution in [-0.2, 0) is 0 Å². The van der Waals surface area contributed by atoms with Crippen molar-refractivity contribution >= 4 is 27.5 Å². The van der Waals surface area contributed by atoms with Crippen LogP contribution in [0.5, 0.6) is 0 Å². The Hall–Kier alpha value is 0.630. The van der Waals surface area contributed by atoms with Gasteiger partial charge in [-0.05, 0) is 15.9 Å². The van der Waals surface area contributed by atoms with E-state index in [-0.39, 0.29) is 0 Å². The van der Waals surface area contributed by atoms with E-state index in [0.29, 0.717) is 0 Å². The molecule has 6 heavy (non-hydrogen) atoms. The van der Waals surface area contributed by atoms with Crippen molar-refractivity contribution < 1.29 is 8.78 Å². The fourth-order valence-electron chi connectivity index (χ4n) is 0. The summed E-state index contributed by atoms with van der Waals surface area (Å²) in [7, 11) is 0. The molecule has 0 spiro atoms. The molecule has 0 aromatic carbocycles. The molecule has 0 nitrogen and oxygen atoms in total. The summed E-state index contributed by atoms with van der Waals surface area (Å²) in [5, 5.41) is 0. The monoisotopic (exact) mass is 178 g/mol. The summed E-state index contributed by atoms with van der Waals surface area (Å²) in [6.07, 6.45) is 0. The van der Waals surface area contributed by atoms with E-state index in [4.69, 9.17) is 0 Å². The highest BCUT2D eigenvalue weighted by atomic mass is 79.9. The highest BCUT2D eigenvalue weighted by Gasteiger charge is 2.19. The molecule has 38 valence electrons. The van der Waals surface area contributed by atoms with Gasteiger partial charge < -0.3 is 0 Å². The molecule has 0 amide bonds. The second kappa shape index (κ2) is 2.07. The third kappa shape index (κ3) is 4.63. The Labute approximate surface area is 47.6 Å². The van der Waals surface area contributed by atoms with Crippen molar-refractivity contribution in [3.05, 3.63) is 0 Å². The maximum absolute atomic E-state index is 11.4. The Balaban J connectivity index is 3.17. The van der Waals surface area contributed by atoms with Crippen LogP contribution >= 0.6 is 27.5 Å². The molecular formula is C2H2BrClF2. The Morgan fingerprint density at radius 1 is 1.83 bits per heavy atom. The summed E-state index contributed by atoms with van der Waals surface area (Å²) in [6.45, 7) is -1.21. The van der Waals surface area contributed by atoms with Gasteiger partial charge in [0.05, 0.1) is 0 Å². The van der Waals surface area contributed by atoms with Crippen molar-refractivity contribution in [2.24, 2.45) is 0 Å². The van der Waals surface area contributed by atoms with E-state index in [1.807, 2.05) is 0 Å². The summed E-state index contributed by atoms with van der Waals surface area (Å²) in [6, 6.07) is 0. The van der Waals surface area contributed by atoms with Crippen LogP contribution in [0.3, 0.4) is 0 Å². The first-order valence-corrected chi connectivity index (χ1v) is 2.36. The summed E-state index contributed by atoms with van der Waals surface area (Å²) in [5.41, 5.74) is 0. The zero-order chi connectivity index (χ0) is 5.21. The molecule has 0 aromatic rings. The molecule has 0 bridgehead atoms. The molecule has 0 rings (SSSR count). The minimum atomic E-state index is -2.34. The molecule has 0 saturated heterocycles. The fraction of sp³-hybridized carbons (Fsp3) is 1.00. The van der Waals surface area contributed by atoms with Gasteiger partial charge in [0, 0.05) is 0 Å². The van der Waals surface area contributed by atoms with Gasteiger partial charge in [-0.25, -0.2) is 8.78 Å². The van der Waals surface area contributed by atoms with E-state index < -0.39 is 10.7 Å². The lowest BCUT2D eigenvalue weighted by molar-refractivity contribution is 0.317. The Bertz CT molecular complexity index is 41.3. The number of halogens is 4. The molecule has 0 fully saturated rings. The highest BCUT2D eigenvalue weighted by molar-refractivity contribution is 9.10. The SMILES string of the molecule is FC[C@@](F)(Cl)Br. The lowest BCUT2D eigenvalue weighted by Crippen LogP contribution is -2.03. The first-order valence-electron chi connectivity index (χ1n) is 1.19. The van der Waals surface area contributed by atoms with Crippen LogP contribution in [0.25, 0.3) is 0 Å². The van der Waals surface area contributed by atoms with Gasteiger partial charge in [0.15, 0.2) is 0 Å². The molecule has 0 radical (unpaired) electrons. The van der Waals surface area contributed by atoms with Crippen molar-refractivity contribution in [1.29, 1.82) is 0 Å². The van der Waals surface area contributed by atoms with Crippen molar-refractivity contribution in [3.8, 4) is 0 Å². The van der Waals surface area contributed by atoms with Gasteiger partial charge >= 0.3 is 0 Å². The molecule has 4 heteroatoms. The number of alkyl halides is 4. The third-order valence-corrected chi connectivity index (χ3v) is 0.464. The Morgan fingerprint density at radius 2 is 2.00 bits per heavy atom.